The van der Waals surface area contributed by atoms with Gasteiger partial charge in [0.25, 0.3) is 0 Å². The van der Waals surface area contributed by atoms with E-state index in [0.29, 0.717) is 41.2 Å². The molecule has 1 saturated heterocycles. The van der Waals surface area contributed by atoms with Crippen molar-refractivity contribution in [1.82, 2.24) is 4.90 Å². The molecule has 0 bridgehead atoms. The number of piperidine rings is 1. The first-order valence-electron chi connectivity index (χ1n) is 11.4. The molecule has 1 atom stereocenters. The molecule has 4 rings (SSSR count). The summed E-state index contributed by atoms with van der Waals surface area (Å²) < 4.78 is 16.6. The highest BCUT2D eigenvalue weighted by atomic mass is 16.5. The summed E-state index contributed by atoms with van der Waals surface area (Å²) in [5, 5.41) is 0. The van der Waals surface area contributed by atoms with Gasteiger partial charge in [-0.25, -0.2) is 0 Å². The first kappa shape index (κ1) is 22.3. The molecule has 1 unspecified atom stereocenters. The van der Waals surface area contributed by atoms with Gasteiger partial charge in [0.1, 0.15) is 5.75 Å². The summed E-state index contributed by atoms with van der Waals surface area (Å²) >= 11 is 0. The number of likely N-dealkylation sites (tertiary alicyclic amines) is 1. The Kier molecular flexibility index (Phi) is 7.10. The molecular weight excluding hydrogens is 406 g/mol. The maximum Gasteiger partial charge on any atom is 0.204 e. The fourth-order valence-corrected chi connectivity index (χ4v) is 4.55. The highest BCUT2D eigenvalue weighted by Gasteiger charge is 2.33. The van der Waals surface area contributed by atoms with Gasteiger partial charge in [-0.05, 0) is 80.9 Å². The second kappa shape index (κ2) is 10.2. The molecule has 0 N–H and O–H groups in total. The van der Waals surface area contributed by atoms with Crippen LogP contribution in [0.25, 0.3) is 0 Å². The molecule has 1 heterocycles. The van der Waals surface area contributed by atoms with E-state index >= 15 is 0 Å². The van der Waals surface area contributed by atoms with Crippen LogP contribution in [0.15, 0.2) is 36.4 Å². The molecule has 6 heteroatoms. The summed E-state index contributed by atoms with van der Waals surface area (Å²) in [5.74, 6) is 1.79. The maximum atomic E-state index is 12.8. The van der Waals surface area contributed by atoms with Gasteiger partial charge < -0.3 is 19.1 Å². The molecule has 1 aliphatic heterocycles. The number of carbonyl (C=O) groups is 2. The van der Waals surface area contributed by atoms with Crippen LogP contribution in [0.2, 0.25) is 0 Å². The van der Waals surface area contributed by atoms with Crippen molar-refractivity contribution in [3.05, 3.63) is 53.1 Å². The van der Waals surface area contributed by atoms with Gasteiger partial charge >= 0.3 is 0 Å². The maximum absolute atomic E-state index is 12.8. The van der Waals surface area contributed by atoms with E-state index < -0.39 is 6.10 Å². The predicted octanol–water partition coefficient (Wildman–Crippen LogP) is 4.34. The smallest absolute Gasteiger partial charge is 0.204 e. The van der Waals surface area contributed by atoms with Crippen LogP contribution in [-0.2, 0) is 6.42 Å². The van der Waals surface area contributed by atoms with Gasteiger partial charge in [0, 0.05) is 24.0 Å². The van der Waals surface area contributed by atoms with E-state index in [0.717, 1.165) is 31.6 Å². The van der Waals surface area contributed by atoms with E-state index in [2.05, 4.69) is 4.90 Å². The summed E-state index contributed by atoms with van der Waals surface area (Å²) in [7, 11) is 3.12. The average molecular weight is 438 g/mol. The first-order chi connectivity index (χ1) is 15.6. The molecule has 2 aliphatic rings. The number of benzene rings is 2. The van der Waals surface area contributed by atoms with Crippen molar-refractivity contribution in [3.63, 3.8) is 0 Å². The summed E-state index contributed by atoms with van der Waals surface area (Å²) in [4.78, 5) is 27.8. The van der Waals surface area contributed by atoms with Crippen molar-refractivity contribution in [1.29, 1.82) is 0 Å². The number of rotatable bonds is 9. The lowest BCUT2D eigenvalue weighted by Crippen LogP contribution is -2.30. The molecule has 0 spiro atoms. The standard InChI is InChI=1S/C26H31NO5/c1-30-23-15-19-16-25(26(29)21(19)17-24(23)31-2)32-20-10-8-18(9-11-20)22(28)7-6-14-27-12-4-3-5-13-27/h8-11,15,17,25H,3-7,12-14,16H2,1-2H3. The summed E-state index contributed by atoms with van der Waals surface area (Å²) in [6, 6.07) is 10.7. The molecule has 32 heavy (non-hydrogen) atoms. The van der Waals surface area contributed by atoms with Gasteiger partial charge in [-0.1, -0.05) is 6.42 Å². The van der Waals surface area contributed by atoms with Crippen LogP contribution in [0, 0.1) is 0 Å². The minimum absolute atomic E-state index is 0.0705. The molecule has 0 aromatic heterocycles. The zero-order valence-electron chi connectivity index (χ0n) is 18.9. The van der Waals surface area contributed by atoms with Crippen molar-refractivity contribution in [3.8, 4) is 17.2 Å². The Morgan fingerprint density at radius 2 is 1.69 bits per heavy atom. The first-order valence-corrected chi connectivity index (χ1v) is 11.4. The number of Topliss-reactive ketones (excluding diaryl/α,β-unsaturated/α-hetero) is 2. The van der Waals surface area contributed by atoms with E-state index in [9.17, 15) is 9.59 Å². The second-order valence-electron chi connectivity index (χ2n) is 8.49. The van der Waals surface area contributed by atoms with Gasteiger partial charge in [-0.15, -0.1) is 0 Å². The molecule has 0 amide bonds. The van der Waals surface area contributed by atoms with E-state index in [-0.39, 0.29) is 11.6 Å². The number of ketones is 2. The van der Waals surface area contributed by atoms with Crippen LogP contribution in [0.5, 0.6) is 17.2 Å². The topological polar surface area (TPSA) is 65.1 Å². The Morgan fingerprint density at radius 1 is 1.00 bits per heavy atom. The van der Waals surface area contributed by atoms with E-state index in [1.54, 1.807) is 44.6 Å². The van der Waals surface area contributed by atoms with E-state index in [4.69, 9.17) is 14.2 Å². The van der Waals surface area contributed by atoms with Crippen molar-refractivity contribution < 1.29 is 23.8 Å². The van der Waals surface area contributed by atoms with Crippen LogP contribution < -0.4 is 14.2 Å². The number of fused-ring (bicyclic) bond motifs is 1. The quantitative estimate of drug-likeness (QED) is 0.544. The predicted molar refractivity (Wildman–Crippen MR) is 122 cm³/mol. The number of ether oxygens (including phenoxy) is 3. The normalized spacial score (nSPS) is 18.3. The second-order valence-corrected chi connectivity index (χ2v) is 8.49. The summed E-state index contributed by atoms with van der Waals surface area (Å²) in [6.45, 7) is 3.31. The van der Waals surface area contributed by atoms with E-state index in [1.807, 2.05) is 6.07 Å². The third-order valence-electron chi connectivity index (χ3n) is 6.35. The van der Waals surface area contributed by atoms with Crippen LogP contribution in [0.3, 0.4) is 0 Å². The number of nitrogens with zero attached hydrogens (tertiary/aromatic N) is 1. The largest absolute Gasteiger partial charge is 0.493 e. The van der Waals surface area contributed by atoms with Gasteiger partial charge in [-0.2, -0.15) is 0 Å². The SMILES string of the molecule is COc1cc2c(cc1OC)C(=O)C(Oc1ccc(C(=O)CCCN3CCCCC3)cc1)C2. The summed E-state index contributed by atoms with van der Waals surface area (Å²) in [6.07, 6.45) is 5.19. The molecule has 2 aromatic carbocycles. The van der Waals surface area contributed by atoms with Gasteiger partial charge in [-0.3, -0.25) is 9.59 Å². The molecule has 2 aromatic rings. The lowest BCUT2D eigenvalue weighted by molar-refractivity contribution is 0.0820. The lowest BCUT2D eigenvalue weighted by Gasteiger charge is -2.26. The van der Waals surface area contributed by atoms with Gasteiger partial charge in [0.2, 0.25) is 5.78 Å². The highest BCUT2D eigenvalue weighted by molar-refractivity contribution is 6.04. The zero-order valence-corrected chi connectivity index (χ0v) is 18.9. The molecular formula is C26H31NO5. The molecule has 170 valence electrons. The Bertz CT molecular complexity index is 963. The zero-order chi connectivity index (χ0) is 22.5. The monoisotopic (exact) mass is 437 g/mol. The van der Waals surface area contributed by atoms with Crippen LogP contribution in [-0.4, -0.2) is 56.4 Å². The fourth-order valence-electron chi connectivity index (χ4n) is 4.55. The third-order valence-corrected chi connectivity index (χ3v) is 6.35. The number of hydrogen-bond acceptors (Lipinski definition) is 6. The Hall–Kier alpha value is -2.86. The van der Waals surface area contributed by atoms with Crippen molar-refractivity contribution in [2.75, 3.05) is 33.9 Å². The number of carbonyl (C=O) groups excluding carboxylic acids is 2. The molecule has 0 saturated carbocycles. The van der Waals surface area contributed by atoms with Crippen LogP contribution >= 0.6 is 0 Å². The molecule has 0 radical (unpaired) electrons. The molecule has 1 aliphatic carbocycles. The third kappa shape index (κ3) is 4.96. The van der Waals surface area contributed by atoms with Gasteiger partial charge in [0.15, 0.2) is 23.4 Å². The highest BCUT2D eigenvalue weighted by Crippen LogP contribution is 2.36. The molecule has 1 fully saturated rings. The number of hydrogen-bond donors (Lipinski definition) is 0. The average Bonchev–Trinajstić information content (AvgIpc) is 3.13. The Morgan fingerprint density at radius 3 is 2.38 bits per heavy atom. The lowest BCUT2D eigenvalue weighted by atomic mass is 10.1. The van der Waals surface area contributed by atoms with Crippen molar-refractivity contribution in [2.45, 2.75) is 44.6 Å². The van der Waals surface area contributed by atoms with E-state index in [1.165, 1.54) is 19.3 Å². The molecule has 6 nitrogen and oxygen atoms in total. The number of methoxy groups -OCH3 is 2. The van der Waals surface area contributed by atoms with Gasteiger partial charge in [0.05, 0.1) is 14.2 Å². The van der Waals surface area contributed by atoms with Crippen LogP contribution in [0.1, 0.15) is 58.4 Å². The minimum atomic E-state index is -0.590. The summed E-state index contributed by atoms with van der Waals surface area (Å²) in [5.41, 5.74) is 2.18. The van der Waals surface area contributed by atoms with Crippen LogP contribution in [0.4, 0.5) is 0 Å². The van der Waals surface area contributed by atoms with Crippen molar-refractivity contribution in [2.24, 2.45) is 0 Å². The Labute approximate surface area is 189 Å². The fraction of sp³-hybridized carbons (Fsp3) is 0.462. The van der Waals surface area contributed by atoms with Crippen molar-refractivity contribution >= 4 is 11.6 Å². The Balaban J connectivity index is 1.32. The minimum Gasteiger partial charge on any atom is -0.493 e.